The van der Waals surface area contributed by atoms with E-state index >= 15 is 0 Å². The summed E-state index contributed by atoms with van der Waals surface area (Å²) in [4.78, 5) is 75.5. The fourth-order valence-corrected chi connectivity index (χ4v) is 12.6. The maximum absolute atomic E-state index is 13.3. The molecule has 0 aromatic heterocycles. The van der Waals surface area contributed by atoms with E-state index in [9.17, 15) is 90.9 Å². The molecule has 0 fully saturated rings. The molecule has 14 N–H and O–H groups in total. The molecule has 4 heterocycles. The first kappa shape index (κ1) is 86.5. The van der Waals surface area contributed by atoms with Crippen LogP contribution in [0.2, 0.25) is 0 Å². The Morgan fingerprint density at radius 3 is 1.03 bits per heavy atom. The number of aliphatic hydroxyl groups excluding tert-OH is 4. The van der Waals surface area contributed by atoms with Crippen LogP contribution in [0, 0.1) is 0 Å². The van der Waals surface area contributed by atoms with Crippen molar-refractivity contribution in [3.05, 3.63) is 215 Å². The van der Waals surface area contributed by atoms with E-state index in [0.717, 1.165) is 56.5 Å². The van der Waals surface area contributed by atoms with Crippen molar-refractivity contribution >= 4 is 87.3 Å². The molecule has 2 atom stereocenters. The second-order valence-electron chi connectivity index (χ2n) is 21.6. The zero-order valence-electron chi connectivity index (χ0n) is 55.1. The maximum atomic E-state index is 13.3. The van der Waals surface area contributed by atoms with E-state index in [2.05, 4.69) is 42.3 Å². The van der Waals surface area contributed by atoms with E-state index in [1.54, 1.807) is 0 Å². The summed E-state index contributed by atoms with van der Waals surface area (Å²) < 4.78 is 138. The molecule has 544 valence electrons. The quantitative estimate of drug-likeness (QED) is 0.00998. The normalized spacial score (nSPS) is 18.8. The van der Waals surface area contributed by atoms with Gasteiger partial charge in [0.05, 0.1) is 70.2 Å². The second-order valence-corrected chi connectivity index (χ2v) is 27.0. The standard InChI is InChI=1S/2C31H34N6O12S2.2Na/c2*38-16-14-32-28(40)24-18-31(43,37(34-24)20-22-9-4-6-12-26(22)51(47,48)49)13-7-1-2-10-23-27(29(41)33-15-17-39)35-36(30(23)42)19-21-8-3-5-11-25(21)50(44,45)46;;/h2*1-13,18,34,38-39,43H,14-17,19-20H2,(H,32,40)(H,33,41)(H,44,45,46)(H,47,48,49);;/q;;2*+1/p-2. The number of nitrogens with zero attached hydrogens (tertiary/aromatic N) is 6. The first-order valence-corrected chi connectivity index (χ1v) is 35.5. The zero-order valence-corrected chi connectivity index (χ0v) is 62.3. The Labute approximate surface area is 639 Å². The van der Waals surface area contributed by atoms with Crippen LogP contribution in [0.3, 0.4) is 0 Å². The van der Waals surface area contributed by atoms with Gasteiger partial charge in [0.2, 0.25) is 0 Å². The summed E-state index contributed by atoms with van der Waals surface area (Å²) in [5, 5.41) is 80.9. The molecule has 0 saturated heterocycles. The fourth-order valence-electron chi connectivity index (χ4n) is 9.78. The number of hydrazone groups is 2. The van der Waals surface area contributed by atoms with E-state index in [1.165, 1.54) is 134 Å². The minimum atomic E-state index is -4.90. The molecule has 0 bridgehead atoms. The molecular formula is C62H66N12Na2O24S4. The number of carbonyl (C=O) groups excluding carboxylic acids is 6. The van der Waals surface area contributed by atoms with Crippen LogP contribution in [-0.4, -0.2) is 213 Å². The number of allylic oxidation sites excluding steroid dienone is 8. The van der Waals surface area contributed by atoms with Crippen LogP contribution in [0.4, 0.5) is 0 Å². The monoisotopic (exact) mass is 1540 g/mol. The molecule has 104 heavy (non-hydrogen) atoms. The van der Waals surface area contributed by atoms with Crippen molar-refractivity contribution in [2.45, 2.75) is 57.2 Å². The first-order valence-electron chi connectivity index (χ1n) is 29.9. The van der Waals surface area contributed by atoms with Crippen LogP contribution >= 0.6 is 0 Å². The predicted octanol–water partition coefficient (Wildman–Crippen LogP) is -9.22. The molecule has 4 aromatic rings. The van der Waals surface area contributed by atoms with Gasteiger partial charge in [-0.1, -0.05) is 109 Å². The summed E-state index contributed by atoms with van der Waals surface area (Å²) in [6, 6.07) is 21.2. The van der Waals surface area contributed by atoms with Gasteiger partial charge >= 0.3 is 59.1 Å². The van der Waals surface area contributed by atoms with Gasteiger partial charge in [-0.2, -0.15) is 37.1 Å². The Morgan fingerprint density at radius 2 is 0.731 bits per heavy atom. The van der Waals surface area contributed by atoms with E-state index in [0.29, 0.717) is 0 Å². The third-order valence-electron chi connectivity index (χ3n) is 14.4. The largest absolute Gasteiger partial charge is 1.00 e. The maximum Gasteiger partial charge on any atom is 1.00 e. The average Bonchev–Trinajstić information content (AvgIpc) is 1.69. The Hall–Kier alpha value is -8.12. The summed E-state index contributed by atoms with van der Waals surface area (Å²) >= 11 is 0. The predicted molar refractivity (Wildman–Crippen MR) is 354 cm³/mol. The van der Waals surface area contributed by atoms with Crippen molar-refractivity contribution in [1.82, 2.24) is 52.2 Å². The van der Waals surface area contributed by atoms with Gasteiger partial charge in [-0.05, 0) is 83.0 Å². The average molecular weight is 1540 g/mol. The van der Waals surface area contributed by atoms with Crippen molar-refractivity contribution in [1.29, 1.82) is 0 Å². The van der Waals surface area contributed by atoms with E-state index in [4.69, 9.17) is 20.4 Å². The van der Waals surface area contributed by atoms with Gasteiger partial charge in [-0.15, -0.1) is 0 Å². The number of amides is 6. The van der Waals surface area contributed by atoms with Gasteiger partial charge in [-0.25, -0.2) is 26.9 Å². The van der Waals surface area contributed by atoms with Gasteiger partial charge in [0.25, 0.3) is 55.7 Å². The van der Waals surface area contributed by atoms with E-state index in [1.807, 2.05) is 0 Å². The summed E-state index contributed by atoms with van der Waals surface area (Å²) in [6.45, 7) is -3.70. The van der Waals surface area contributed by atoms with Gasteiger partial charge in [0, 0.05) is 39.3 Å². The van der Waals surface area contributed by atoms with Gasteiger partial charge < -0.3 is 71.9 Å². The number of aliphatic hydroxyl groups is 6. The minimum absolute atomic E-state index is 0. The Kier molecular flexibility index (Phi) is 31.8. The van der Waals surface area contributed by atoms with Crippen molar-refractivity contribution < 1.29 is 170 Å². The van der Waals surface area contributed by atoms with Gasteiger partial charge in [0.1, 0.15) is 31.6 Å². The number of benzene rings is 4. The van der Waals surface area contributed by atoms with Crippen molar-refractivity contribution in [2.24, 2.45) is 10.2 Å². The number of hydrogen-bond donors (Lipinski definition) is 14. The van der Waals surface area contributed by atoms with Gasteiger partial charge in [-0.3, -0.25) is 37.9 Å². The topological polar surface area (TPSA) is 557 Å². The molecule has 4 aliphatic rings. The molecule has 36 nitrogen and oxygen atoms in total. The molecule has 4 aromatic carbocycles. The number of carbonyl (C=O) groups is 6. The third-order valence-corrected chi connectivity index (χ3v) is 18.2. The molecule has 0 aliphatic carbocycles. The van der Waals surface area contributed by atoms with Crippen molar-refractivity contribution in [3.63, 3.8) is 0 Å². The van der Waals surface area contributed by atoms with Crippen molar-refractivity contribution in [2.75, 3.05) is 52.6 Å². The summed E-state index contributed by atoms with van der Waals surface area (Å²) in [5.41, 5.74) is -0.246. The Balaban J connectivity index is 0.000000367. The van der Waals surface area contributed by atoms with Crippen LogP contribution in [0.15, 0.2) is 222 Å². The SMILES string of the molecule is O=C(NCCO)C1=CC(O)(C=CC=CC=C2C(=O)N(Cc3ccccc3S(=O)(=O)[O-])N=C2C(=O)NCCO)N(Cc2ccccc2S(=O)(=O)O)N1.O=C(NCCO)C1=CC(O)(C=CC=CC=C2C(=O)N(Cc3ccccc3S(=O)(=O)[O-])N=C2C(=O)NCCO)N(Cc2ccccc2S(=O)(=O)O)N1.[Na+].[Na+]. The summed E-state index contributed by atoms with van der Waals surface area (Å²) in [6.07, 6.45) is 15.0. The van der Waals surface area contributed by atoms with Crippen LogP contribution in [0.1, 0.15) is 22.3 Å². The number of rotatable bonds is 30. The van der Waals surface area contributed by atoms with Crippen LogP contribution < -0.4 is 91.2 Å². The molecule has 0 saturated carbocycles. The molecule has 0 spiro atoms. The Bertz CT molecular complexity index is 4430. The molecule has 42 heteroatoms. The van der Waals surface area contributed by atoms with E-state index in [-0.39, 0.29) is 168 Å². The van der Waals surface area contributed by atoms with Crippen molar-refractivity contribution in [3.8, 4) is 0 Å². The molecule has 4 aliphatic heterocycles. The zero-order chi connectivity index (χ0) is 74.8. The summed E-state index contributed by atoms with van der Waals surface area (Å²) in [5.74, 6) is -4.70. The van der Waals surface area contributed by atoms with Crippen LogP contribution in [0.25, 0.3) is 0 Å². The first-order chi connectivity index (χ1) is 48.2. The van der Waals surface area contributed by atoms with E-state index < -0.39 is 133 Å². The molecule has 0 radical (unpaired) electrons. The fraction of sp³-hybridized carbons (Fsp3) is 0.226. The molecule has 8 rings (SSSR count). The number of hydrazine groups is 2. The minimum Gasteiger partial charge on any atom is -0.744 e. The van der Waals surface area contributed by atoms with Crippen LogP contribution in [-0.2, 0) is 95.4 Å². The third kappa shape index (κ3) is 22.9. The van der Waals surface area contributed by atoms with Gasteiger partial charge in [0.15, 0.2) is 22.9 Å². The number of hydrogen-bond acceptors (Lipinski definition) is 28. The second kappa shape index (κ2) is 38.2. The summed E-state index contributed by atoms with van der Waals surface area (Å²) in [7, 11) is -19.1. The molecule has 6 amide bonds. The van der Waals surface area contributed by atoms with Crippen LogP contribution in [0.5, 0.6) is 0 Å². The number of nitrogens with one attached hydrogen (secondary N) is 6. The smallest absolute Gasteiger partial charge is 0.744 e. The molecule has 2 unspecified atom stereocenters. The Morgan fingerprint density at radius 1 is 0.442 bits per heavy atom. The molecular weight excluding hydrogens is 1470 g/mol.